The first-order valence-corrected chi connectivity index (χ1v) is 4.61. The second-order valence-electron chi connectivity index (χ2n) is 3.77. The molecule has 4 heteroatoms. The zero-order valence-electron chi connectivity index (χ0n) is 9.13. The largest absolute Gasteiger partial charge is 0.445 e. The summed E-state index contributed by atoms with van der Waals surface area (Å²) in [6, 6.07) is 0. The van der Waals surface area contributed by atoms with E-state index in [1.165, 1.54) is 6.08 Å². The van der Waals surface area contributed by atoms with Gasteiger partial charge in [-0.15, -0.1) is 0 Å². The highest BCUT2D eigenvalue weighted by Crippen LogP contribution is 2.04. The number of alkyl carbamates (subject to hydrolysis) is 1. The molecule has 14 heavy (non-hydrogen) atoms. The standard InChI is InChI=1S/C10H19NO3/c1-5-7-13-9(12)11-6-8-14-10(2,3)4/h5H,1,6-8H2,2-4H3,(H,11,12). The third-order valence-electron chi connectivity index (χ3n) is 1.24. The minimum Gasteiger partial charge on any atom is -0.445 e. The molecule has 0 heterocycles. The smallest absolute Gasteiger partial charge is 0.407 e. The Hall–Kier alpha value is -1.03. The van der Waals surface area contributed by atoms with Crippen molar-refractivity contribution in [3.8, 4) is 0 Å². The molecule has 0 aliphatic rings. The Morgan fingerprint density at radius 1 is 1.50 bits per heavy atom. The quantitative estimate of drug-likeness (QED) is 0.544. The fraction of sp³-hybridized carbons (Fsp3) is 0.700. The SMILES string of the molecule is C=CCOC(=O)NCCOC(C)(C)C. The summed E-state index contributed by atoms with van der Waals surface area (Å²) in [6.07, 6.45) is 1.08. The molecule has 4 nitrogen and oxygen atoms in total. The molecule has 0 bridgehead atoms. The van der Waals surface area contributed by atoms with Crippen LogP contribution in [0.4, 0.5) is 4.79 Å². The Bertz CT molecular complexity index is 184. The number of hydrogen-bond acceptors (Lipinski definition) is 3. The van der Waals surface area contributed by atoms with E-state index < -0.39 is 6.09 Å². The van der Waals surface area contributed by atoms with Crippen LogP contribution in [0.25, 0.3) is 0 Å². The third-order valence-corrected chi connectivity index (χ3v) is 1.24. The van der Waals surface area contributed by atoms with Crippen molar-refractivity contribution in [3.05, 3.63) is 12.7 Å². The van der Waals surface area contributed by atoms with Gasteiger partial charge in [0.1, 0.15) is 6.61 Å². The van der Waals surface area contributed by atoms with E-state index in [2.05, 4.69) is 11.9 Å². The molecule has 0 atom stereocenters. The predicted octanol–water partition coefficient (Wildman–Crippen LogP) is 1.71. The van der Waals surface area contributed by atoms with E-state index in [9.17, 15) is 4.79 Å². The summed E-state index contributed by atoms with van der Waals surface area (Å²) in [4.78, 5) is 10.9. The molecule has 0 saturated carbocycles. The lowest BCUT2D eigenvalue weighted by Gasteiger charge is -2.19. The van der Waals surface area contributed by atoms with Crippen molar-refractivity contribution >= 4 is 6.09 Å². The van der Waals surface area contributed by atoms with Gasteiger partial charge in [0.05, 0.1) is 12.2 Å². The number of ether oxygens (including phenoxy) is 2. The summed E-state index contributed by atoms with van der Waals surface area (Å²) in [5, 5.41) is 2.56. The van der Waals surface area contributed by atoms with Crippen molar-refractivity contribution < 1.29 is 14.3 Å². The number of carbonyl (C=O) groups is 1. The molecule has 0 aromatic heterocycles. The van der Waals surface area contributed by atoms with Gasteiger partial charge in [0.25, 0.3) is 0 Å². The first kappa shape index (κ1) is 13.0. The van der Waals surface area contributed by atoms with E-state index in [0.29, 0.717) is 13.2 Å². The normalized spacial score (nSPS) is 10.8. The highest BCUT2D eigenvalue weighted by atomic mass is 16.5. The fourth-order valence-corrected chi connectivity index (χ4v) is 0.696. The average Bonchev–Trinajstić information content (AvgIpc) is 2.07. The zero-order chi connectivity index (χ0) is 11.0. The molecular formula is C10H19NO3. The van der Waals surface area contributed by atoms with Crippen LogP contribution >= 0.6 is 0 Å². The molecule has 0 saturated heterocycles. The third kappa shape index (κ3) is 9.06. The number of nitrogens with one attached hydrogen (secondary N) is 1. The van der Waals surface area contributed by atoms with Crippen molar-refractivity contribution in [1.82, 2.24) is 5.32 Å². The number of carbonyl (C=O) groups excluding carboxylic acids is 1. The van der Waals surface area contributed by atoms with E-state index in [4.69, 9.17) is 9.47 Å². The van der Waals surface area contributed by atoms with E-state index >= 15 is 0 Å². The van der Waals surface area contributed by atoms with E-state index in [1.54, 1.807) is 0 Å². The summed E-state index contributed by atoms with van der Waals surface area (Å²) in [5.41, 5.74) is -0.174. The van der Waals surface area contributed by atoms with Crippen LogP contribution in [-0.4, -0.2) is 31.5 Å². The van der Waals surface area contributed by atoms with Gasteiger partial charge in [0.15, 0.2) is 0 Å². The molecule has 0 spiro atoms. The van der Waals surface area contributed by atoms with Gasteiger partial charge in [0.2, 0.25) is 0 Å². The highest BCUT2D eigenvalue weighted by molar-refractivity contribution is 5.67. The molecule has 82 valence electrons. The van der Waals surface area contributed by atoms with E-state index in [0.717, 1.165) is 0 Å². The van der Waals surface area contributed by atoms with E-state index in [1.807, 2.05) is 20.8 Å². The van der Waals surface area contributed by atoms with Crippen molar-refractivity contribution in [2.45, 2.75) is 26.4 Å². The first-order valence-electron chi connectivity index (χ1n) is 4.61. The van der Waals surface area contributed by atoms with Gasteiger partial charge in [-0.1, -0.05) is 12.7 Å². The van der Waals surface area contributed by atoms with E-state index in [-0.39, 0.29) is 12.2 Å². The summed E-state index contributed by atoms with van der Waals surface area (Å²) in [5.74, 6) is 0. The monoisotopic (exact) mass is 201 g/mol. The summed E-state index contributed by atoms with van der Waals surface area (Å²) in [7, 11) is 0. The first-order chi connectivity index (χ1) is 6.45. The molecule has 0 aliphatic heterocycles. The predicted molar refractivity (Wildman–Crippen MR) is 55.3 cm³/mol. The maximum atomic E-state index is 10.9. The number of rotatable bonds is 5. The second kappa shape index (κ2) is 6.43. The van der Waals surface area contributed by atoms with Crippen molar-refractivity contribution in [2.24, 2.45) is 0 Å². The van der Waals surface area contributed by atoms with Gasteiger partial charge >= 0.3 is 6.09 Å². The summed E-state index contributed by atoms with van der Waals surface area (Å²) < 4.78 is 10.1. The Balaban J connectivity index is 3.36. The van der Waals surface area contributed by atoms with Crippen LogP contribution in [-0.2, 0) is 9.47 Å². The molecule has 0 rings (SSSR count). The maximum absolute atomic E-state index is 10.9. The second-order valence-corrected chi connectivity index (χ2v) is 3.77. The van der Waals surface area contributed by atoms with Crippen LogP contribution < -0.4 is 5.32 Å². The van der Waals surface area contributed by atoms with Crippen LogP contribution in [0.15, 0.2) is 12.7 Å². The van der Waals surface area contributed by atoms with Crippen LogP contribution in [0.5, 0.6) is 0 Å². The van der Waals surface area contributed by atoms with Crippen molar-refractivity contribution in [3.63, 3.8) is 0 Å². The van der Waals surface area contributed by atoms with Gasteiger partial charge in [-0.05, 0) is 20.8 Å². The number of hydrogen-bond donors (Lipinski definition) is 1. The highest BCUT2D eigenvalue weighted by Gasteiger charge is 2.09. The van der Waals surface area contributed by atoms with Gasteiger partial charge < -0.3 is 14.8 Å². The van der Waals surface area contributed by atoms with Gasteiger partial charge in [-0.3, -0.25) is 0 Å². The zero-order valence-corrected chi connectivity index (χ0v) is 9.13. The van der Waals surface area contributed by atoms with Crippen LogP contribution in [0, 0.1) is 0 Å². The van der Waals surface area contributed by atoms with Gasteiger partial charge in [-0.25, -0.2) is 4.79 Å². The van der Waals surface area contributed by atoms with Crippen molar-refractivity contribution in [1.29, 1.82) is 0 Å². The molecule has 0 aromatic carbocycles. The Morgan fingerprint density at radius 2 is 2.14 bits per heavy atom. The molecule has 0 unspecified atom stereocenters. The minimum atomic E-state index is -0.442. The molecular weight excluding hydrogens is 182 g/mol. The molecule has 0 fully saturated rings. The summed E-state index contributed by atoms with van der Waals surface area (Å²) >= 11 is 0. The lowest BCUT2D eigenvalue weighted by molar-refractivity contribution is -0.000862. The Kier molecular flexibility index (Phi) is 5.95. The Morgan fingerprint density at radius 3 is 2.64 bits per heavy atom. The van der Waals surface area contributed by atoms with Crippen LogP contribution in [0.2, 0.25) is 0 Å². The topological polar surface area (TPSA) is 47.6 Å². The lowest BCUT2D eigenvalue weighted by Crippen LogP contribution is -2.31. The average molecular weight is 201 g/mol. The molecule has 0 radical (unpaired) electrons. The summed E-state index contributed by atoms with van der Waals surface area (Å²) in [6.45, 7) is 10.5. The number of amides is 1. The van der Waals surface area contributed by atoms with Crippen LogP contribution in [0.3, 0.4) is 0 Å². The maximum Gasteiger partial charge on any atom is 0.407 e. The lowest BCUT2D eigenvalue weighted by atomic mass is 10.2. The van der Waals surface area contributed by atoms with Gasteiger partial charge in [0, 0.05) is 6.54 Å². The van der Waals surface area contributed by atoms with Gasteiger partial charge in [-0.2, -0.15) is 0 Å². The van der Waals surface area contributed by atoms with Crippen LogP contribution in [0.1, 0.15) is 20.8 Å². The van der Waals surface area contributed by atoms with Crippen molar-refractivity contribution in [2.75, 3.05) is 19.8 Å². The minimum absolute atomic E-state index is 0.174. The Labute approximate surface area is 85.3 Å². The molecule has 1 N–H and O–H groups in total. The molecule has 0 aromatic rings. The molecule has 1 amide bonds. The molecule has 0 aliphatic carbocycles. The fourth-order valence-electron chi connectivity index (χ4n) is 0.696.